The molecule has 4 rings (SSSR count). The topological polar surface area (TPSA) is 62.9 Å². The molecule has 38 heavy (non-hydrogen) atoms. The van der Waals surface area contributed by atoms with Crippen LogP contribution in [0.25, 0.3) is 0 Å². The number of hydrogen-bond donors (Lipinski definition) is 0. The molecule has 0 atom stereocenters. The molecular formula is C27H21Cl2F3N2O3S. The molecule has 1 heterocycles. The standard InChI is InChI=1S/C27H21Cl2F3N2O3S/c1-18-5-11-25(12-6-18)38(35,36)34(16-19-7-8-21(28)14-26(19)29)17-24-10-9-23(37-24)15-33-22-4-2-3-20(13-22)27(30,31)32/h2-15H,16-17H2,1H3. The summed E-state index contributed by atoms with van der Waals surface area (Å²) in [7, 11) is -3.96. The van der Waals surface area contributed by atoms with Crippen molar-refractivity contribution in [2.75, 3.05) is 0 Å². The summed E-state index contributed by atoms with van der Waals surface area (Å²) in [4.78, 5) is 4.16. The third-order valence-corrected chi connectivity index (χ3v) is 7.94. The van der Waals surface area contributed by atoms with Gasteiger partial charge < -0.3 is 4.42 Å². The van der Waals surface area contributed by atoms with Crippen molar-refractivity contribution in [3.8, 4) is 0 Å². The molecule has 0 amide bonds. The Morgan fingerprint density at radius 2 is 1.68 bits per heavy atom. The normalized spacial score (nSPS) is 12.5. The highest BCUT2D eigenvalue weighted by Crippen LogP contribution is 2.31. The Morgan fingerprint density at radius 1 is 0.947 bits per heavy atom. The van der Waals surface area contributed by atoms with Crippen LogP contribution in [0.3, 0.4) is 0 Å². The second-order valence-electron chi connectivity index (χ2n) is 8.43. The van der Waals surface area contributed by atoms with Crippen LogP contribution in [0.4, 0.5) is 18.9 Å². The van der Waals surface area contributed by atoms with Crippen LogP contribution in [-0.2, 0) is 29.3 Å². The van der Waals surface area contributed by atoms with Gasteiger partial charge in [-0.25, -0.2) is 8.42 Å². The van der Waals surface area contributed by atoms with Gasteiger partial charge in [-0.05, 0) is 67.1 Å². The van der Waals surface area contributed by atoms with Gasteiger partial charge >= 0.3 is 6.18 Å². The Labute approximate surface area is 228 Å². The molecule has 0 unspecified atom stereocenters. The van der Waals surface area contributed by atoms with Crippen molar-refractivity contribution in [3.05, 3.63) is 117 Å². The molecule has 3 aromatic carbocycles. The van der Waals surface area contributed by atoms with E-state index < -0.39 is 21.8 Å². The smallest absolute Gasteiger partial charge is 0.416 e. The second-order valence-corrected chi connectivity index (χ2v) is 11.2. The van der Waals surface area contributed by atoms with E-state index in [2.05, 4.69) is 4.99 Å². The molecule has 0 bridgehead atoms. The Kier molecular flexibility index (Phi) is 8.32. The van der Waals surface area contributed by atoms with Gasteiger partial charge in [0.05, 0.1) is 28.9 Å². The first-order valence-corrected chi connectivity index (χ1v) is 13.4. The fraction of sp³-hybridized carbons (Fsp3) is 0.148. The first-order chi connectivity index (χ1) is 17.9. The molecule has 0 N–H and O–H groups in total. The third-order valence-electron chi connectivity index (χ3n) is 5.55. The number of sulfonamides is 1. The number of aryl methyl sites for hydroxylation is 1. The summed E-state index contributed by atoms with van der Waals surface area (Å²) in [5.74, 6) is 0.547. The van der Waals surface area contributed by atoms with Crippen molar-refractivity contribution in [3.63, 3.8) is 0 Å². The van der Waals surface area contributed by atoms with Crippen molar-refractivity contribution >= 4 is 45.1 Å². The van der Waals surface area contributed by atoms with Crippen molar-refractivity contribution in [1.29, 1.82) is 0 Å². The monoisotopic (exact) mass is 580 g/mol. The van der Waals surface area contributed by atoms with E-state index in [-0.39, 0.29) is 29.4 Å². The predicted molar refractivity (Wildman–Crippen MR) is 141 cm³/mol. The maximum Gasteiger partial charge on any atom is 0.416 e. The van der Waals surface area contributed by atoms with E-state index in [1.54, 1.807) is 36.4 Å². The second kappa shape index (κ2) is 11.3. The van der Waals surface area contributed by atoms with E-state index in [9.17, 15) is 21.6 Å². The summed E-state index contributed by atoms with van der Waals surface area (Å²) in [5, 5.41) is 0.734. The molecule has 0 aliphatic heterocycles. The van der Waals surface area contributed by atoms with Crippen LogP contribution in [0.5, 0.6) is 0 Å². The Morgan fingerprint density at radius 3 is 2.37 bits per heavy atom. The minimum Gasteiger partial charge on any atom is -0.459 e. The van der Waals surface area contributed by atoms with Crippen LogP contribution in [0.1, 0.15) is 28.2 Å². The summed E-state index contributed by atoms with van der Waals surface area (Å²) in [6.45, 7) is 1.67. The zero-order chi connectivity index (χ0) is 27.5. The summed E-state index contributed by atoms with van der Waals surface area (Å²) in [5.41, 5.74) is 0.737. The maximum atomic E-state index is 13.6. The maximum absolute atomic E-state index is 13.6. The number of rotatable bonds is 8. The highest BCUT2D eigenvalue weighted by atomic mass is 35.5. The van der Waals surface area contributed by atoms with Gasteiger partial charge in [-0.2, -0.15) is 17.5 Å². The van der Waals surface area contributed by atoms with Crippen LogP contribution >= 0.6 is 23.2 Å². The SMILES string of the molecule is Cc1ccc(S(=O)(=O)N(Cc2ccc(C=Nc3cccc(C(F)(F)F)c3)o2)Cc2ccc(Cl)cc2Cl)cc1. The molecular weight excluding hydrogens is 560 g/mol. The van der Waals surface area contributed by atoms with Crippen LogP contribution in [0.15, 0.2) is 93.2 Å². The highest BCUT2D eigenvalue weighted by molar-refractivity contribution is 7.89. The molecule has 0 saturated heterocycles. The average Bonchev–Trinajstić information content (AvgIpc) is 3.31. The lowest BCUT2D eigenvalue weighted by atomic mass is 10.2. The molecule has 0 aliphatic carbocycles. The van der Waals surface area contributed by atoms with E-state index in [1.807, 2.05) is 6.92 Å². The summed E-state index contributed by atoms with van der Waals surface area (Å²) in [6, 6.07) is 19.0. The van der Waals surface area contributed by atoms with Crippen molar-refractivity contribution < 1.29 is 26.0 Å². The number of hydrogen-bond acceptors (Lipinski definition) is 4. The quantitative estimate of drug-likeness (QED) is 0.198. The van der Waals surface area contributed by atoms with E-state index in [1.165, 1.54) is 40.9 Å². The highest BCUT2D eigenvalue weighted by Gasteiger charge is 2.30. The Balaban J connectivity index is 1.60. The number of alkyl halides is 3. The lowest BCUT2D eigenvalue weighted by molar-refractivity contribution is -0.137. The summed E-state index contributed by atoms with van der Waals surface area (Å²) >= 11 is 12.3. The van der Waals surface area contributed by atoms with Crippen molar-refractivity contribution in [2.45, 2.75) is 31.1 Å². The zero-order valence-electron chi connectivity index (χ0n) is 19.9. The lowest BCUT2D eigenvalue weighted by Crippen LogP contribution is -2.30. The molecule has 0 saturated carbocycles. The first kappa shape index (κ1) is 27.9. The minimum absolute atomic E-state index is 0.0550. The van der Waals surface area contributed by atoms with Crippen molar-refractivity contribution in [2.24, 2.45) is 4.99 Å². The predicted octanol–water partition coefficient (Wildman–Crippen LogP) is 8.06. The molecule has 198 valence electrons. The van der Waals surface area contributed by atoms with Gasteiger partial charge in [-0.3, -0.25) is 4.99 Å². The lowest BCUT2D eigenvalue weighted by Gasteiger charge is -2.22. The molecule has 4 aromatic rings. The average molecular weight is 581 g/mol. The molecule has 0 spiro atoms. The van der Waals surface area contributed by atoms with Crippen LogP contribution in [0.2, 0.25) is 10.0 Å². The van der Waals surface area contributed by atoms with Crippen LogP contribution in [-0.4, -0.2) is 18.9 Å². The largest absolute Gasteiger partial charge is 0.459 e. The van der Waals surface area contributed by atoms with Gasteiger partial charge in [0.15, 0.2) is 0 Å². The first-order valence-electron chi connectivity index (χ1n) is 11.2. The fourth-order valence-electron chi connectivity index (χ4n) is 3.55. The Hall–Kier alpha value is -3.11. The van der Waals surface area contributed by atoms with Gasteiger partial charge in [0, 0.05) is 16.6 Å². The molecule has 1 aromatic heterocycles. The molecule has 5 nitrogen and oxygen atoms in total. The summed E-state index contributed by atoms with van der Waals surface area (Å²) < 4.78 is 72.9. The van der Waals surface area contributed by atoms with E-state index in [0.717, 1.165) is 17.7 Å². The van der Waals surface area contributed by atoms with Gasteiger partial charge in [-0.15, -0.1) is 0 Å². The zero-order valence-corrected chi connectivity index (χ0v) is 22.2. The van der Waals surface area contributed by atoms with Crippen LogP contribution < -0.4 is 0 Å². The summed E-state index contributed by atoms with van der Waals surface area (Å²) in [6.07, 6.45) is -3.21. The van der Waals surface area contributed by atoms with Crippen LogP contribution in [0, 0.1) is 6.92 Å². The van der Waals surface area contributed by atoms with Crippen molar-refractivity contribution in [1.82, 2.24) is 4.31 Å². The molecule has 0 radical (unpaired) electrons. The molecule has 11 heteroatoms. The minimum atomic E-state index is -4.48. The van der Waals surface area contributed by atoms with E-state index >= 15 is 0 Å². The third kappa shape index (κ3) is 6.85. The fourth-order valence-corrected chi connectivity index (χ4v) is 5.40. The van der Waals surface area contributed by atoms with Gasteiger partial charge in [0.25, 0.3) is 0 Å². The Bertz CT molecular complexity index is 1570. The number of nitrogens with zero attached hydrogens (tertiary/aromatic N) is 2. The molecule has 0 aliphatic rings. The number of halogens is 5. The number of aliphatic imine (C=N–C) groups is 1. The van der Waals surface area contributed by atoms with Gasteiger partial charge in [0.2, 0.25) is 10.0 Å². The van der Waals surface area contributed by atoms with E-state index in [4.69, 9.17) is 27.6 Å². The van der Waals surface area contributed by atoms with Gasteiger partial charge in [-0.1, -0.05) is 53.0 Å². The number of furan rings is 1. The number of benzene rings is 3. The van der Waals surface area contributed by atoms with Gasteiger partial charge in [0.1, 0.15) is 11.5 Å². The van der Waals surface area contributed by atoms with E-state index in [0.29, 0.717) is 21.4 Å². The molecule has 0 fully saturated rings.